The topological polar surface area (TPSA) is 88.2 Å². The highest BCUT2D eigenvalue weighted by Gasteiger charge is 2.15. The number of methoxy groups -OCH3 is 1. The maximum absolute atomic E-state index is 12.3. The van der Waals surface area contributed by atoms with Gasteiger partial charge in [0.15, 0.2) is 0 Å². The molecular weight excluding hydrogens is 294 g/mol. The number of carbonyl (C=O) groups excluding carboxylic acids is 1. The smallest absolute Gasteiger partial charge is 0.227 e. The van der Waals surface area contributed by atoms with Crippen molar-refractivity contribution in [1.82, 2.24) is 4.90 Å². The van der Waals surface area contributed by atoms with E-state index in [0.717, 1.165) is 5.56 Å². The molecule has 7 heteroatoms. The van der Waals surface area contributed by atoms with Crippen LogP contribution in [-0.2, 0) is 16.0 Å². The number of amides is 1. The average molecular weight is 314 g/mol. The van der Waals surface area contributed by atoms with Gasteiger partial charge >= 0.3 is 0 Å². The van der Waals surface area contributed by atoms with Crippen molar-refractivity contribution in [3.63, 3.8) is 0 Å². The number of nitrogens with two attached hydrogens (primary N) is 1. The number of ether oxygens (including phenoxy) is 1. The van der Waals surface area contributed by atoms with Crippen molar-refractivity contribution < 1.29 is 14.7 Å². The zero-order valence-corrected chi connectivity index (χ0v) is 12.7. The Hall–Kier alpha value is -1.79. The summed E-state index contributed by atoms with van der Waals surface area (Å²) >= 11 is 6.06. The summed E-state index contributed by atoms with van der Waals surface area (Å²) in [5.41, 5.74) is 6.21. The highest BCUT2D eigenvalue weighted by Crippen LogP contribution is 2.16. The maximum Gasteiger partial charge on any atom is 0.227 e. The number of oxime groups is 1. The van der Waals surface area contributed by atoms with Crippen LogP contribution in [0.2, 0.25) is 5.02 Å². The van der Waals surface area contributed by atoms with Crippen molar-refractivity contribution >= 4 is 23.3 Å². The van der Waals surface area contributed by atoms with E-state index in [0.29, 0.717) is 31.1 Å². The van der Waals surface area contributed by atoms with Crippen LogP contribution in [0, 0.1) is 0 Å². The molecule has 1 rings (SSSR count). The maximum atomic E-state index is 12.3. The fourth-order valence-electron chi connectivity index (χ4n) is 1.78. The van der Waals surface area contributed by atoms with Gasteiger partial charge in [0.1, 0.15) is 5.84 Å². The fourth-order valence-corrected chi connectivity index (χ4v) is 1.98. The van der Waals surface area contributed by atoms with Crippen LogP contribution in [0.4, 0.5) is 0 Å². The number of nitrogens with zero attached hydrogens (tertiary/aromatic N) is 2. The number of hydrogen-bond donors (Lipinski definition) is 2. The molecule has 0 unspecified atom stereocenters. The van der Waals surface area contributed by atoms with Crippen molar-refractivity contribution in [3.05, 3.63) is 34.9 Å². The molecule has 1 aromatic carbocycles. The summed E-state index contributed by atoms with van der Waals surface area (Å²) in [5.74, 6) is 0.00819. The second-order valence-corrected chi connectivity index (χ2v) is 4.89. The van der Waals surface area contributed by atoms with Gasteiger partial charge in [-0.25, -0.2) is 0 Å². The predicted octanol–water partition coefficient (Wildman–Crippen LogP) is 1.49. The molecule has 0 aromatic heterocycles. The quantitative estimate of drug-likeness (QED) is 0.329. The Bertz CT molecular complexity index is 494. The number of amidine groups is 1. The van der Waals surface area contributed by atoms with E-state index in [4.69, 9.17) is 27.3 Å². The standard InChI is InChI=1S/C14H20ClN3O3/c1-21-9-8-18(7-6-13(16)17-20)14(19)10-11-4-2-3-5-12(11)15/h2-5,20H,6-10H2,1H3,(H2,16,17). The van der Waals surface area contributed by atoms with E-state index in [2.05, 4.69) is 5.16 Å². The van der Waals surface area contributed by atoms with Crippen LogP contribution in [0.3, 0.4) is 0 Å². The van der Waals surface area contributed by atoms with E-state index >= 15 is 0 Å². The molecule has 116 valence electrons. The summed E-state index contributed by atoms with van der Waals surface area (Å²) in [7, 11) is 1.57. The molecule has 0 spiro atoms. The molecule has 0 aliphatic heterocycles. The van der Waals surface area contributed by atoms with Gasteiger partial charge in [-0.3, -0.25) is 4.79 Å². The van der Waals surface area contributed by atoms with Crippen LogP contribution in [0.15, 0.2) is 29.4 Å². The van der Waals surface area contributed by atoms with Crippen LogP contribution >= 0.6 is 11.6 Å². The van der Waals surface area contributed by atoms with E-state index in [9.17, 15) is 4.79 Å². The molecule has 1 aromatic rings. The minimum Gasteiger partial charge on any atom is -0.409 e. The molecule has 0 aliphatic carbocycles. The monoisotopic (exact) mass is 313 g/mol. The second kappa shape index (κ2) is 9.20. The SMILES string of the molecule is COCCN(CCC(N)=NO)C(=O)Cc1ccccc1Cl. The third-order valence-electron chi connectivity index (χ3n) is 2.98. The first-order chi connectivity index (χ1) is 10.1. The van der Waals surface area contributed by atoms with Gasteiger partial charge in [-0.1, -0.05) is 35.0 Å². The predicted molar refractivity (Wildman–Crippen MR) is 81.6 cm³/mol. The second-order valence-electron chi connectivity index (χ2n) is 4.48. The van der Waals surface area contributed by atoms with Crippen LogP contribution in [0.25, 0.3) is 0 Å². The summed E-state index contributed by atoms with van der Waals surface area (Å²) in [5, 5.41) is 12.0. The Labute approximate surface area is 129 Å². The first-order valence-corrected chi connectivity index (χ1v) is 6.92. The molecule has 6 nitrogen and oxygen atoms in total. The van der Waals surface area contributed by atoms with Gasteiger partial charge < -0.3 is 20.6 Å². The minimum atomic E-state index is -0.0779. The largest absolute Gasteiger partial charge is 0.409 e. The van der Waals surface area contributed by atoms with Crippen LogP contribution < -0.4 is 5.73 Å². The van der Waals surface area contributed by atoms with E-state index in [-0.39, 0.29) is 18.2 Å². The number of halogens is 1. The van der Waals surface area contributed by atoms with Crippen LogP contribution in [0.5, 0.6) is 0 Å². The minimum absolute atomic E-state index is 0.0779. The average Bonchev–Trinajstić information content (AvgIpc) is 2.49. The van der Waals surface area contributed by atoms with Gasteiger partial charge in [-0.2, -0.15) is 0 Å². The summed E-state index contributed by atoms with van der Waals surface area (Å²) in [6.45, 7) is 1.23. The van der Waals surface area contributed by atoms with Gasteiger partial charge in [0.05, 0.1) is 13.0 Å². The molecule has 0 heterocycles. The Morgan fingerprint density at radius 2 is 2.14 bits per heavy atom. The summed E-state index contributed by atoms with van der Waals surface area (Å²) in [6, 6.07) is 7.22. The lowest BCUT2D eigenvalue weighted by Crippen LogP contribution is -2.37. The van der Waals surface area contributed by atoms with Gasteiger partial charge in [0, 0.05) is 31.6 Å². The number of benzene rings is 1. The van der Waals surface area contributed by atoms with Crippen molar-refractivity contribution in [2.45, 2.75) is 12.8 Å². The number of carbonyl (C=O) groups is 1. The molecule has 21 heavy (non-hydrogen) atoms. The zero-order chi connectivity index (χ0) is 15.7. The fraction of sp³-hybridized carbons (Fsp3) is 0.429. The molecule has 0 saturated heterocycles. The molecule has 0 saturated carbocycles. The Kier molecular flexibility index (Phi) is 7.56. The molecule has 0 atom stereocenters. The summed E-state index contributed by atoms with van der Waals surface area (Å²) in [6.07, 6.45) is 0.508. The van der Waals surface area contributed by atoms with Crippen LogP contribution in [-0.4, -0.2) is 48.7 Å². The normalized spacial score (nSPS) is 11.4. The van der Waals surface area contributed by atoms with Gasteiger partial charge in [0.25, 0.3) is 0 Å². The Morgan fingerprint density at radius 1 is 1.43 bits per heavy atom. The lowest BCUT2D eigenvalue weighted by molar-refractivity contribution is -0.131. The number of hydrogen-bond acceptors (Lipinski definition) is 4. The molecule has 1 amide bonds. The van der Waals surface area contributed by atoms with Crippen molar-refractivity contribution in [2.75, 3.05) is 26.8 Å². The first kappa shape index (κ1) is 17.3. The highest BCUT2D eigenvalue weighted by molar-refractivity contribution is 6.31. The van der Waals surface area contributed by atoms with E-state index in [1.165, 1.54) is 0 Å². The summed E-state index contributed by atoms with van der Waals surface area (Å²) < 4.78 is 5.00. The van der Waals surface area contributed by atoms with E-state index < -0.39 is 0 Å². The zero-order valence-electron chi connectivity index (χ0n) is 12.0. The summed E-state index contributed by atoms with van der Waals surface area (Å²) in [4.78, 5) is 14.0. The first-order valence-electron chi connectivity index (χ1n) is 6.55. The number of rotatable bonds is 8. The molecule has 0 aliphatic rings. The molecule has 0 radical (unpaired) electrons. The lowest BCUT2D eigenvalue weighted by atomic mass is 10.1. The van der Waals surface area contributed by atoms with Gasteiger partial charge in [0.2, 0.25) is 5.91 Å². The lowest BCUT2D eigenvalue weighted by Gasteiger charge is -2.22. The van der Waals surface area contributed by atoms with Crippen LogP contribution in [0.1, 0.15) is 12.0 Å². The molecule has 0 fully saturated rings. The van der Waals surface area contributed by atoms with E-state index in [1.807, 2.05) is 18.2 Å². The van der Waals surface area contributed by atoms with Crippen molar-refractivity contribution in [3.8, 4) is 0 Å². The third kappa shape index (κ3) is 6.01. The molecule has 3 N–H and O–H groups in total. The van der Waals surface area contributed by atoms with Crippen molar-refractivity contribution in [1.29, 1.82) is 0 Å². The Morgan fingerprint density at radius 3 is 2.76 bits per heavy atom. The Balaban J connectivity index is 2.68. The third-order valence-corrected chi connectivity index (χ3v) is 3.35. The van der Waals surface area contributed by atoms with Crippen molar-refractivity contribution in [2.24, 2.45) is 10.9 Å². The van der Waals surface area contributed by atoms with E-state index in [1.54, 1.807) is 18.1 Å². The van der Waals surface area contributed by atoms with Gasteiger partial charge in [-0.05, 0) is 11.6 Å². The van der Waals surface area contributed by atoms with Gasteiger partial charge in [-0.15, -0.1) is 0 Å². The molecule has 0 bridgehead atoms. The highest BCUT2D eigenvalue weighted by atomic mass is 35.5. The molecular formula is C14H20ClN3O3.